The van der Waals surface area contributed by atoms with Crippen molar-refractivity contribution in [3.8, 4) is 5.69 Å². The largest absolute Gasteiger partial charge is 0.306 e. The maximum atomic E-state index is 4.36. The Morgan fingerprint density at radius 1 is 1.29 bits per heavy atom. The fourth-order valence-electron chi connectivity index (χ4n) is 1.49. The summed E-state index contributed by atoms with van der Waals surface area (Å²) in [5.74, 6) is 0. The molecular formula is C13H18N4. The van der Waals surface area contributed by atoms with Gasteiger partial charge in [-0.2, -0.15) is 0 Å². The molecule has 2 aromatic heterocycles. The van der Waals surface area contributed by atoms with E-state index in [9.17, 15) is 0 Å². The third kappa shape index (κ3) is 3.39. The summed E-state index contributed by atoms with van der Waals surface area (Å²) in [6, 6.07) is 4.04. The number of hydrogen-bond donors (Lipinski definition) is 1. The van der Waals surface area contributed by atoms with E-state index in [1.54, 1.807) is 12.5 Å². The predicted molar refractivity (Wildman–Crippen MR) is 68.0 cm³/mol. The predicted octanol–water partition coefficient (Wildman–Crippen LogP) is 2.16. The first kappa shape index (κ1) is 11.8. The smallest absolute Gasteiger partial charge is 0.0991 e. The molecule has 0 saturated heterocycles. The maximum absolute atomic E-state index is 4.36. The third-order valence-electron chi connectivity index (χ3n) is 2.40. The molecule has 0 saturated carbocycles. The minimum absolute atomic E-state index is 0.104. The fraction of sp³-hybridized carbons (Fsp3) is 0.385. The Hall–Kier alpha value is -1.68. The van der Waals surface area contributed by atoms with Crippen molar-refractivity contribution >= 4 is 0 Å². The van der Waals surface area contributed by atoms with Crippen LogP contribution < -0.4 is 5.32 Å². The molecule has 0 aromatic carbocycles. The van der Waals surface area contributed by atoms with Gasteiger partial charge in [0.25, 0.3) is 0 Å². The SMILES string of the molecule is CC(C)(C)NCc1cc(-n2ccnc2)ccn1. The summed E-state index contributed by atoms with van der Waals surface area (Å²) in [7, 11) is 0. The van der Waals surface area contributed by atoms with Gasteiger partial charge in [0, 0.05) is 36.4 Å². The van der Waals surface area contributed by atoms with E-state index in [0.717, 1.165) is 17.9 Å². The van der Waals surface area contributed by atoms with Crippen molar-refractivity contribution in [3.63, 3.8) is 0 Å². The molecule has 0 fully saturated rings. The van der Waals surface area contributed by atoms with E-state index < -0.39 is 0 Å². The van der Waals surface area contributed by atoms with E-state index in [4.69, 9.17) is 0 Å². The van der Waals surface area contributed by atoms with Crippen LogP contribution in [0.2, 0.25) is 0 Å². The van der Waals surface area contributed by atoms with Gasteiger partial charge in [0.1, 0.15) is 0 Å². The van der Waals surface area contributed by atoms with Crippen LogP contribution in [0.15, 0.2) is 37.1 Å². The summed E-state index contributed by atoms with van der Waals surface area (Å²) in [6.07, 6.45) is 7.31. The number of hydrogen-bond acceptors (Lipinski definition) is 3. The molecule has 1 N–H and O–H groups in total. The number of imidazole rings is 1. The van der Waals surface area contributed by atoms with Gasteiger partial charge in [0.15, 0.2) is 0 Å². The average Bonchev–Trinajstić information content (AvgIpc) is 2.79. The number of nitrogens with zero attached hydrogens (tertiary/aromatic N) is 3. The van der Waals surface area contributed by atoms with Crippen LogP contribution in [0.25, 0.3) is 5.69 Å². The van der Waals surface area contributed by atoms with Crippen molar-refractivity contribution in [1.29, 1.82) is 0 Å². The van der Waals surface area contributed by atoms with Crippen LogP contribution in [0.5, 0.6) is 0 Å². The molecule has 0 aliphatic heterocycles. The summed E-state index contributed by atoms with van der Waals surface area (Å²) in [4.78, 5) is 8.40. The van der Waals surface area contributed by atoms with Gasteiger partial charge in [0.2, 0.25) is 0 Å². The van der Waals surface area contributed by atoms with E-state index >= 15 is 0 Å². The lowest BCUT2D eigenvalue weighted by Gasteiger charge is -2.20. The second kappa shape index (κ2) is 4.67. The van der Waals surface area contributed by atoms with Crippen LogP contribution in [0.3, 0.4) is 0 Å². The first-order valence-electron chi connectivity index (χ1n) is 5.73. The summed E-state index contributed by atoms with van der Waals surface area (Å²) in [5.41, 5.74) is 2.22. The third-order valence-corrected chi connectivity index (χ3v) is 2.40. The number of pyridine rings is 1. The molecule has 2 rings (SSSR count). The summed E-state index contributed by atoms with van der Waals surface area (Å²) < 4.78 is 1.97. The van der Waals surface area contributed by atoms with Crippen molar-refractivity contribution in [1.82, 2.24) is 19.9 Å². The van der Waals surface area contributed by atoms with Gasteiger partial charge in [-0.1, -0.05) is 0 Å². The van der Waals surface area contributed by atoms with E-state index in [1.807, 2.05) is 23.0 Å². The lowest BCUT2D eigenvalue weighted by atomic mass is 10.1. The Morgan fingerprint density at radius 3 is 2.76 bits per heavy atom. The minimum atomic E-state index is 0.104. The average molecular weight is 230 g/mol. The van der Waals surface area contributed by atoms with Gasteiger partial charge in [-0.15, -0.1) is 0 Å². The quantitative estimate of drug-likeness (QED) is 0.878. The van der Waals surface area contributed by atoms with E-state index in [2.05, 4.69) is 42.1 Å². The van der Waals surface area contributed by atoms with E-state index in [0.29, 0.717) is 0 Å². The van der Waals surface area contributed by atoms with E-state index in [-0.39, 0.29) is 5.54 Å². The standard InChI is InChI=1S/C13H18N4/c1-13(2,3)16-9-11-8-12(4-5-15-11)17-7-6-14-10-17/h4-8,10,16H,9H2,1-3H3. The second-order valence-electron chi connectivity index (χ2n) is 5.08. The number of nitrogens with one attached hydrogen (secondary N) is 1. The van der Waals surface area contributed by atoms with Crippen LogP contribution in [-0.2, 0) is 6.54 Å². The van der Waals surface area contributed by atoms with Gasteiger partial charge in [-0.3, -0.25) is 4.98 Å². The van der Waals surface area contributed by atoms with Crippen molar-refractivity contribution in [2.45, 2.75) is 32.9 Å². The van der Waals surface area contributed by atoms with Gasteiger partial charge < -0.3 is 9.88 Å². The zero-order valence-corrected chi connectivity index (χ0v) is 10.5. The number of aromatic nitrogens is 3. The first-order valence-corrected chi connectivity index (χ1v) is 5.73. The van der Waals surface area contributed by atoms with Crippen molar-refractivity contribution in [3.05, 3.63) is 42.7 Å². The highest BCUT2D eigenvalue weighted by Crippen LogP contribution is 2.09. The molecule has 0 spiro atoms. The lowest BCUT2D eigenvalue weighted by Crippen LogP contribution is -2.35. The molecule has 90 valence electrons. The first-order chi connectivity index (χ1) is 8.04. The zero-order chi connectivity index (χ0) is 12.3. The van der Waals surface area contributed by atoms with Crippen molar-refractivity contribution in [2.75, 3.05) is 0 Å². The lowest BCUT2D eigenvalue weighted by molar-refractivity contribution is 0.421. The van der Waals surface area contributed by atoms with Crippen LogP contribution in [0.4, 0.5) is 0 Å². The Balaban J connectivity index is 2.12. The normalized spacial score (nSPS) is 11.7. The molecule has 4 heteroatoms. The zero-order valence-electron chi connectivity index (χ0n) is 10.5. The minimum Gasteiger partial charge on any atom is -0.306 e. The Kier molecular flexibility index (Phi) is 3.24. The van der Waals surface area contributed by atoms with Crippen LogP contribution in [-0.4, -0.2) is 20.1 Å². The molecule has 0 amide bonds. The molecule has 0 aliphatic rings. The summed E-state index contributed by atoms with van der Waals surface area (Å²) in [6.45, 7) is 7.21. The molecule has 0 radical (unpaired) electrons. The highest BCUT2D eigenvalue weighted by Gasteiger charge is 2.09. The van der Waals surface area contributed by atoms with Gasteiger partial charge >= 0.3 is 0 Å². The Morgan fingerprint density at radius 2 is 2.12 bits per heavy atom. The monoisotopic (exact) mass is 230 g/mol. The maximum Gasteiger partial charge on any atom is 0.0991 e. The van der Waals surface area contributed by atoms with Crippen molar-refractivity contribution in [2.24, 2.45) is 0 Å². The molecule has 0 atom stereocenters. The van der Waals surface area contributed by atoms with Gasteiger partial charge in [0.05, 0.1) is 12.0 Å². The van der Waals surface area contributed by atoms with E-state index in [1.165, 1.54) is 0 Å². The van der Waals surface area contributed by atoms with Gasteiger partial charge in [-0.25, -0.2) is 4.98 Å². The molecule has 17 heavy (non-hydrogen) atoms. The highest BCUT2D eigenvalue weighted by molar-refractivity contribution is 5.31. The van der Waals surface area contributed by atoms with Gasteiger partial charge in [-0.05, 0) is 32.9 Å². The topological polar surface area (TPSA) is 42.7 Å². The number of rotatable bonds is 3. The molecule has 0 aliphatic carbocycles. The van der Waals surface area contributed by atoms with Crippen LogP contribution in [0, 0.1) is 0 Å². The second-order valence-corrected chi connectivity index (χ2v) is 5.08. The molecule has 2 heterocycles. The molecular weight excluding hydrogens is 212 g/mol. The van der Waals surface area contributed by atoms with Crippen LogP contribution >= 0.6 is 0 Å². The molecule has 2 aromatic rings. The Bertz CT molecular complexity index is 468. The fourth-order valence-corrected chi connectivity index (χ4v) is 1.49. The molecule has 0 bridgehead atoms. The molecule has 4 nitrogen and oxygen atoms in total. The summed E-state index contributed by atoms with van der Waals surface area (Å²) in [5, 5.41) is 3.42. The highest BCUT2D eigenvalue weighted by atomic mass is 15.0. The molecule has 0 unspecified atom stereocenters. The Labute approximate surface area is 102 Å². The van der Waals surface area contributed by atoms with Crippen LogP contribution in [0.1, 0.15) is 26.5 Å². The van der Waals surface area contributed by atoms with Crippen molar-refractivity contribution < 1.29 is 0 Å². The summed E-state index contributed by atoms with van der Waals surface area (Å²) >= 11 is 0.